The van der Waals surface area contributed by atoms with Gasteiger partial charge < -0.3 is 9.55 Å². The Morgan fingerprint density at radius 1 is 1.38 bits per heavy atom. The Morgan fingerprint density at radius 2 is 2.19 bits per heavy atom. The van der Waals surface area contributed by atoms with Crippen LogP contribution in [0.2, 0.25) is 0 Å². The van der Waals surface area contributed by atoms with Gasteiger partial charge in [0.05, 0.1) is 22.7 Å². The number of aromatic nitrogens is 3. The molecule has 2 heterocycles. The molecule has 1 saturated carbocycles. The summed E-state index contributed by atoms with van der Waals surface area (Å²) < 4.78 is 3.45. The van der Waals surface area contributed by atoms with Gasteiger partial charge in [-0.15, -0.1) is 0 Å². The van der Waals surface area contributed by atoms with Crippen molar-refractivity contribution in [2.24, 2.45) is 0 Å². The lowest BCUT2D eigenvalue weighted by atomic mass is 9.84. The molecule has 1 N–H and O–H groups in total. The van der Waals surface area contributed by atoms with Crippen molar-refractivity contribution >= 4 is 45.9 Å². The van der Waals surface area contributed by atoms with Gasteiger partial charge in [0.25, 0.3) is 0 Å². The van der Waals surface area contributed by atoms with E-state index in [9.17, 15) is 0 Å². The maximum atomic E-state index is 5.57. The molecule has 1 aromatic carbocycles. The molecule has 0 radical (unpaired) electrons. The fourth-order valence-electron chi connectivity index (χ4n) is 3.23. The first-order valence-corrected chi connectivity index (χ1v) is 8.87. The summed E-state index contributed by atoms with van der Waals surface area (Å²) in [5.74, 6) is 0. The van der Waals surface area contributed by atoms with E-state index in [0.717, 1.165) is 22.3 Å². The van der Waals surface area contributed by atoms with Crippen molar-refractivity contribution in [2.75, 3.05) is 6.26 Å². The van der Waals surface area contributed by atoms with Gasteiger partial charge in [-0.1, -0.05) is 24.6 Å². The highest BCUT2D eigenvalue weighted by atomic mass is 32.2. The van der Waals surface area contributed by atoms with Crippen LogP contribution in [0.3, 0.4) is 0 Å². The molecule has 4 rings (SSSR count). The third kappa shape index (κ3) is 2.02. The molecule has 1 fully saturated rings. The van der Waals surface area contributed by atoms with Gasteiger partial charge in [0.15, 0.2) is 4.77 Å². The van der Waals surface area contributed by atoms with E-state index in [-0.39, 0.29) is 0 Å². The summed E-state index contributed by atoms with van der Waals surface area (Å²) in [6.07, 6.45) is 8.02. The number of benzene rings is 1. The van der Waals surface area contributed by atoms with Crippen LogP contribution in [0.15, 0.2) is 30.5 Å². The minimum absolute atomic E-state index is 0.359. The second-order valence-corrected chi connectivity index (χ2v) is 7.46. The van der Waals surface area contributed by atoms with Crippen molar-refractivity contribution in [3.63, 3.8) is 0 Å². The quantitative estimate of drug-likeness (QED) is 0.721. The predicted molar refractivity (Wildman–Crippen MR) is 92.5 cm³/mol. The van der Waals surface area contributed by atoms with Crippen molar-refractivity contribution in [3.05, 3.63) is 35.2 Å². The van der Waals surface area contributed by atoms with E-state index < -0.39 is 0 Å². The molecule has 1 aliphatic rings. The summed E-state index contributed by atoms with van der Waals surface area (Å²) in [4.78, 5) is 7.84. The van der Waals surface area contributed by atoms with E-state index >= 15 is 0 Å². The van der Waals surface area contributed by atoms with Gasteiger partial charge in [0.1, 0.15) is 0 Å². The minimum Gasteiger partial charge on any atom is -0.329 e. The van der Waals surface area contributed by atoms with Crippen LogP contribution >= 0.6 is 24.0 Å². The van der Waals surface area contributed by atoms with Gasteiger partial charge in [-0.3, -0.25) is 4.98 Å². The third-order valence-corrected chi connectivity index (χ3v) is 6.37. The van der Waals surface area contributed by atoms with Gasteiger partial charge in [0.2, 0.25) is 0 Å². The lowest BCUT2D eigenvalue weighted by molar-refractivity contribution is 0.324. The molecule has 3 aromatic rings. The zero-order chi connectivity index (χ0) is 14.4. The molecular formula is C16H17N3S2. The smallest absolute Gasteiger partial charge is 0.178 e. The number of para-hydroxylation sites is 1. The normalized spacial score (nSPS) is 17.2. The molecule has 0 spiro atoms. The Labute approximate surface area is 132 Å². The standard InChI is InChI=1S/C16H17N3S2/c1-21-16(7-4-8-16)10-19-14-11-5-2-3-6-12(11)17-9-13(14)18-15(19)20/h2-3,5-6,9H,4,7-8,10H2,1H3,(H,18,20). The van der Waals surface area contributed by atoms with Crippen LogP contribution in [0.1, 0.15) is 19.3 Å². The highest BCUT2D eigenvalue weighted by Crippen LogP contribution is 2.44. The molecule has 2 aromatic heterocycles. The number of hydrogen-bond donors (Lipinski definition) is 1. The van der Waals surface area contributed by atoms with E-state index in [2.05, 4.69) is 39.0 Å². The van der Waals surface area contributed by atoms with Crippen LogP contribution in [0.25, 0.3) is 21.9 Å². The highest BCUT2D eigenvalue weighted by molar-refractivity contribution is 8.00. The molecule has 1 aliphatic carbocycles. The van der Waals surface area contributed by atoms with Crippen LogP contribution < -0.4 is 0 Å². The minimum atomic E-state index is 0.359. The monoisotopic (exact) mass is 315 g/mol. The van der Waals surface area contributed by atoms with Gasteiger partial charge >= 0.3 is 0 Å². The lowest BCUT2D eigenvalue weighted by Crippen LogP contribution is -2.37. The predicted octanol–water partition coefficient (Wildman–Crippen LogP) is 4.53. The summed E-state index contributed by atoms with van der Waals surface area (Å²) in [5.41, 5.74) is 3.26. The molecule has 3 nitrogen and oxygen atoms in total. The molecule has 0 aliphatic heterocycles. The number of fused-ring (bicyclic) bond motifs is 3. The lowest BCUT2D eigenvalue weighted by Gasteiger charge is -2.40. The number of hydrogen-bond acceptors (Lipinski definition) is 3. The van der Waals surface area contributed by atoms with E-state index in [1.54, 1.807) is 0 Å². The van der Waals surface area contributed by atoms with Gasteiger partial charge in [0, 0.05) is 16.7 Å². The Balaban J connectivity index is 1.97. The topological polar surface area (TPSA) is 33.6 Å². The number of nitrogens with zero attached hydrogens (tertiary/aromatic N) is 2. The Bertz CT molecular complexity index is 868. The number of H-pyrrole nitrogens is 1. The molecule has 5 heteroatoms. The average molecular weight is 315 g/mol. The van der Waals surface area contributed by atoms with E-state index in [4.69, 9.17) is 12.2 Å². The van der Waals surface area contributed by atoms with Crippen molar-refractivity contribution < 1.29 is 0 Å². The molecule has 0 bridgehead atoms. The van der Waals surface area contributed by atoms with Gasteiger partial charge in [-0.05, 0) is 37.4 Å². The number of pyridine rings is 1. The molecule has 0 amide bonds. The zero-order valence-electron chi connectivity index (χ0n) is 11.9. The maximum absolute atomic E-state index is 5.57. The molecule has 0 atom stereocenters. The summed E-state index contributed by atoms with van der Waals surface area (Å²) in [6.45, 7) is 0.987. The molecule has 0 unspecified atom stereocenters. The van der Waals surface area contributed by atoms with Gasteiger partial charge in [-0.2, -0.15) is 11.8 Å². The Kier molecular flexibility index (Phi) is 3.08. The number of thioether (sulfide) groups is 1. The van der Waals surface area contributed by atoms with Crippen LogP contribution in [0, 0.1) is 4.77 Å². The number of rotatable bonds is 3. The molecule has 108 valence electrons. The van der Waals surface area contributed by atoms with Crippen LogP contribution in [-0.4, -0.2) is 25.5 Å². The molecule has 21 heavy (non-hydrogen) atoms. The van der Waals surface area contributed by atoms with Crippen molar-refractivity contribution in [1.82, 2.24) is 14.5 Å². The van der Waals surface area contributed by atoms with Crippen molar-refractivity contribution in [2.45, 2.75) is 30.6 Å². The zero-order valence-corrected chi connectivity index (χ0v) is 13.6. The Hall–Kier alpha value is -1.33. The van der Waals surface area contributed by atoms with Crippen LogP contribution in [0.5, 0.6) is 0 Å². The van der Waals surface area contributed by atoms with E-state index in [1.807, 2.05) is 24.0 Å². The molecular weight excluding hydrogens is 298 g/mol. The number of nitrogens with one attached hydrogen (secondary N) is 1. The number of imidazole rings is 1. The van der Waals surface area contributed by atoms with Crippen LogP contribution in [0.4, 0.5) is 0 Å². The second-order valence-electron chi connectivity index (χ2n) is 5.79. The molecule has 0 saturated heterocycles. The maximum Gasteiger partial charge on any atom is 0.178 e. The van der Waals surface area contributed by atoms with E-state index in [0.29, 0.717) is 4.75 Å². The number of aromatic amines is 1. The van der Waals surface area contributed by atoms with Gasteiger partial charge in [-0.25, -0.2) is 0 Å². The van der Waals surface area contributed by atoms with Crippen LogP contribution in [-0.2, 0) is 6.54 Å². The fraction of sp³-hybridized carbons (Fsp3) is 0.375. The first-order chi connectivity index (χ1) is 10.2. The SMILES string of the molecule is CSC1(Cn2c(=S)[nH]c3cnc4ccccc4c32)CCC1. The highest BCUT2D eigenvalue weighted by Gasteiger charge is 2.37. The summed E-state index contributed by atoms with van der Waals surface area (Å²) >= 11 is 7.56. The third-order valence-electron chi connectivity index (χ3n) is 4.65. The summed E-state index contributed by atoms with van der Waals surface area (Å²) in [5, 5.41) is 1.18. The summed E-state index contributed by atoms with van der Waals surface area (Å²) in [7, 11) is 0. The largest absolute Gasteiger partial charge is 0.329 e. The van der Waals surface area contributed by atoms with Crippen molar-refractivity contribution in [3.8, 4) is 0 Å². The first-order valence-electron chi connectivity index (χ1n) is 7.24. The van der Waals surface area contributed by atoms with E-state index in [1.165, 1.54) is 30.2 Å². The first kappa shape index (κ1) is 13.3. The Morgan fingerprint density at radius 3 is 2.90 bits per heavy atom. The second kappa shape index (κ2) is 4.85. The fourth-order valence-corrected chi connectivity index (χ4v) is 4.45. The van der Waals surface area contributed by atoms with Crippen molar-refractivity contribution in [1.29, 1.82) is 0 Å². The average Bonchev–Trinajstić information content (AvgIpc) is 2.79. The summed E-state index contributed by atoms with van der Waals surface area (Å²) in [6, 6.07) is 8.29.